The lowest BCUT2D eigenvalue weighted by Crippen LogP contribution is -2.27. The Labute approximate surface area is 62.8 Å². The lowest BCUT2D eigenvalue weighted by molar-refractivity contribution is 0.182. The van der Waals surface area contributed by atoms with Gasteiger partial charge in [-0.25, -0.2) is 0 Å². The van der Waals surface area contributed by atoms with Crippen LogP contribution in [0.4, 0.5) is 0 Å². The Balaban J connectivity index is 2.36. The first-order chi connectivity index (χ1) is 4.77. The maximum atomic E-state index is 8.91. The van der Waals surface area contributed by atoms with E-state index in [-0.39, 0.29) is 0 Å². The molecule has 0 aromatic carbocycles. The van der Waals surface area contributed by atoms with E-state index in [0.717, 1.165) is 5.92 Å². The minimum Gasteiger partial charge on any atom is -0.395 e. The first-order valence-electron chi connectivity index (χ1n) is 4.09. The van der Waals surface area contributed by atoms with Gasteiger partial charge in [0.05, 0.1) is 6.61 Å². The third-order valence-corrected chi connectivity index (χ3v) is 2.56. The number of rotatable bonds is 2. The van der Waals surface area contributed by atoms with Gasteiger partial charge >= 0.3 is 0 Å². The Morgan fingerprint density at radius 1 is 1.60 bits per heavy atom. The van der Waals surface area contributed by atoms with E-state index < -0.39 is 0 Å². The molecule has 0 radical (unpaired) electrons. The molecular weight excluding hydrogens is 126 g/mol. The molecule has 0 aromatic rings. The van der Waals surface area contributed by atoms with Gasteiger partial charge in [0.25, 0.3) is 0 Å². The van der Waals surface area contributed by atoms with Gasteiger partial charge in [-0.15, -0.1) is 0 Å². The molecule has 0 aliphatic carbocycles. The largest absolute Gasteiger partial charge is 0.395 e. The molecule has 0 aromatic heterocycles. The Hall–Kier alpha value is -0.0800. The lowest BCUT2D eigenvalue weighted by Gasteiger charge is -2.15. The molecule has 10 heavy (non-hydrogen) atoms. The molecule has 2 nitrogen and oxygen atoms in total. The van der Waals surface area contributed by atoms with Gasteiger partial charge in [0.2, 0.25) is 0 Å². The van der Waals surface area contributed by atoms with Crippen molar-refractivity contribution in [2.75, 3.05) is 20.2 Å². The SMILES string of the molecule is CC[C@@H]1C[C@@H](CO)N(C)C1. The first-order valence-corrected chi connectivity index (χ1v) is 4.09. The molecule has 1 heterocycles. The predicted molar refractivity (Wildman–Crippen MR) is 41.9 cm³/mol. The number of likely N-dealkylation sites (N-methyl/N-ethyl adjacent to an activating group) is 1. The smallest absolute Gasteiger partial charge is 0.0586 e. The van der Waals surface area contributed by atoms with Crippen LogP contribution in [-0.2, 0) is 0 Å². The zero-order valence-corrected chi connectivity index (χ0v) is 6.88. The summed E-state index contributed by atoms with van der Waals surface area (Å²) in [4.78, 5) is 2.26. The standard InChI is InChI=1S/C8H17NO/c1-3-7-4-8(6-10)9(2)5-7/h7-8,10H,3-6H2,1-2H3/t7-,8+/m1/s1. The molecule has 0 spiro atoms. The van der Waals surface area contributed by atoms with E-state index in [9.17, 15) is 0 Å². The quantitative estimate of drug-likeness (QED) is 0.615. The normalized spacial score (nSPS) is 35.1. The second kappa shape index (κ2) is 3.35. The van der Waals surface area contributed by atoms with Gasteiger partial charge in [-0.3, -0.25) is 0 Å². The van der Waals surface area contributed by atoms with E-state index in [1.807, 2.05) is 0 Å². The van der Waals surface area contributed by atoms with Crippen LogP contribution in [0.3, 0.4) is 0 Å². The van der Waals surface area contributed by atoms with Gasteiger partial charge in [0, 0.05) is 12.6 Å². The van der Waals surface area contributed by atoms with Crippen LogP contribution in [-0.4, -0.2) is 36.2 Å². The molecule has 60 valence electrons. The van der Waals surface area contributed by atoms with Crippen molar-refractivity contribution >= 4 is 0 Å². The first kappa shape index (κ1) is 8.02. The molecule has 0 unspecified atom stereocenters. The van der Waals surface area contributed by atoms with Gasteiger partial charge < -0.3 is 10.0 Å². The summed E-state index contributed by atoms with van der Waals surface area (Å²) in [6, 6.07) is 0.435. The van der Waals surface area contributed by atoms with E-state index in [2.05, 4.69) is 18.9 Å². The van der Waals surface area contributed by atoms with Crippen LogP contribution in [0.5, 0.6) is 0 Å². The molecule has 1 N–H and O–H groups in total. The minimum atomic E-state index is 0.326. The van der Waals surface area contributed by atoms with Crippen molar-refractivity contribution in [1.82, 2.24) is 4.90 Å². The summed E-state index contributed by atoms with van der Waals surface area (Å²) in [5.74, 6) is 0.821. The fourth-order valence-electron chi connectivity index (χ4n) is 1.71. The summed E-state index contributed by atoms with van der Waals surface area (Å²) in [6.45, 7) is 3.72. The van der Waals surface area contributed by atoms with Gasteiger partial charge in [0.15, 0.2) is 0 Å². The van der Waals surface area contributed by atoms with Crippen LogP contribution in [0.1, 0.15) is 19.8 Å². The van der Waals surface area contributed by atoms with Crippen LogP contribution >= 0.6 is 0 Å². The summed E-state index contributed by atoms with van der Waals surface area (Å²) >= 11 is 0. The minimum absolute atomic E-state index is 0.326. The third-order valence-electron chi connectivity index (χ3n) is 2.56. The monoisotopic (exact) mass is 143 g/mol. The summed E-state index contributed by atoms with van der Waals surface area (Å²) in [6.07, 6.45) is 2.43. The van der Waals surface area contributed by atoms with Crippen molar-refractivity contribution < 1.29 is 5.11 Å². The van der Waals surface area contributed by atoms with Crippen molar-refractivity contribution in [1.29, 1.82) is 0 Å². The maximum Gasteiger partial charge on any atom is 0.0586 e. The number of likely N-dealkylation sites (tertiary alicyclic amines) is 1. The Morgan fingerprint density at radius 3 is 2.60 bits per heavy atom. The highest BCUT2D eigenvalue weighted by atomic mass is 16.3. The van der Waals surface area contributed by atoms with Gasteiger partial charge in [-0.2, -0.15) is 0 Å². The molecule has 2 heteroatoms. The summed E-state index contributed by atoms with van der Waals surface area (Å²) < 4.78 is 0. The summed E-state index contributed by atoms with van der Waals surface area (Å²) in [7, 11) is 2.09. The number of hydrogen-bond acceptors (Lipinski definition) is 2. The van der Waals surface area contributed by atoms with Crippen LogP contribution in [0.2, 0.25) is 0 Å². The van der Waals surface area contributed by atoms with Gasteiger partial charge in [0.1, 0.15) is 0 Å². The number of aliphatic hydroxyl groups is 1. The molecular formula is C8H17NO. The third kappa shape index (κ3) is 1.50. The highest BCUT2D eigenvalue weighted by Gasteiger charge is 2.26. The van der Waals surface area contributed by atoms with E-state index in [1.54, 1.807) is 0 Å². The number of hydrogen-bond donors (Lipinski definition) is 1. The molecule has 1 fully saturated rings. The average molecular weight is 143 g/mol. The Morgan fingerprint density at radius 2 is 2.30 bits per heavy atom. The molecule has 1 aliphatic heterocycles. The van der Waals surface area contributed by atoms with Crippen molar-refractivity contribution in [2.24, 2.45) is 5.92 Å². The highest BCUT2D eigenvalue weighted by Crippen LogP contribution is 2.23. The molecule has 1 saturated heterocycles. The second-order valence-corrected chi connectivity index (χ2v) is 3.29. The van der Waals surface area contributed by atoms with Crippen LogP contribution in [0, 0.1) is 5.92 Å². The Kier molecular flexibility index (Phi) is 2.69. The van der Waals surface area contributed by atoms with E-state index in [4.69, 9.17) is 5.11 Å². The molecule has 0 amide bonds. The molecule has 0 saturated carbocycles. The van der Waals surface area contributed by atoms with Crippen molar-refractivity contribution in [3.05, 3.63) is 0 Å². The van der Waals surface area contributed by atoms with E-state index in [0.29, 0.717) is 12.6 Å². The fraction of sp³-hybridized carbons (Fsp3) is 1.00. The van der Waals surface area contributed by atoms with Crippen molar-refractivity contribution in [3.8, 4) is 0 Å². The molecule has 2 atom stereocenters. The van der Waals surface area contributed by atoms with Crippen LogP contribution < -0.4 is 0 Å². The Bertz CT molecular complexity index is 105. The zero-order chi connectivity index (χ0) is 7.56. The maximum absolute atomic E-state index is 8.91. The second-order valence-electron chi connectivity index (χ2n) is 3.29. The van der Waals surface area contributed by atoms with Crippen LogP contribution in [0.15, 0.2) is 0 Å². The van der Waals surface area contributed by atoms with E-state index >= 15 is 0 Å². The highest BCUT2D eigenvalue weighted by molar-refractivity contribution is 4.81. The summed E-state index contributed by atoms with van der Waals surface area (Å²) in [5, 5.41) is 8.91. The molecule has 1 rings (SSSR count). The fourth-order valence-corrected chi connectivity index (χ4v) is 1.71. The summed E-state index contributed by atoms with van der Waals surface area (Å²) in [5.41, 5.74) is 0. The molecule has 0 bridgehead atoms. The number of nitrogens with zero attached hydrogens (tertiary/aromatic N) is 1. The zero-order valence-electron chi connectivity index (χ0n) is 6.88. The number of aliphatic hydroxyl groups excluding tert-OH is 1. The van der Waals surface area contributed by atoms with Gasteiger partial charge in [-0.1, -0.05) is 13.3 Å². The average Bonchev–Trinajstić information content (AvgIpc) is 2.30. The topological polar surface area (TPSA) is 23.5 Å². The van der Waals surface area contributed by atoms with E-state index in [1.165, 1.54) is 19.4 Å². The molecule has 1 aliphatic rings. The van der Waals surface area contributed by atoms with Gasteiger partial charge in [-0.05, 0) is 19.4 Å². The van der Waals surface area contributed by atoms with Crippen molar-refractivity contribution in [3.63, 3.8) is 0 Å². The van der Waals surface area contributed by atoms with Crippen LogP contribution in [0.25, 0.3) is 0 Å². The predicted octanol–water partition coefficient (Wildman–Crippen LogP) is 0.709. The lowest BCUT2D eigenvalue weighted by atomic mass is 10.0. The van der Waals surface area contributed by atoms with Crippen molar-refractivity contribution in [2.45, 2.75) is 25.8 Å².